The first-order valence-electron chi connectivity index (χ1n) is 8.93. The average molecular weight is 520 g/mol. The van der Waals surface area contributed by atoms with E-state index in [-0.39, 0.29) is 10.8 Å². The zero-order chi connectivity index (χ0) is 21.2. The largest absolute Gasteiger partial charge is 0.322 e. The van der Waals surface area contributed by atoms with Gasteiger partial charge in [0.1, 0.15) is 0 Å². The summed E-state index contributed by atoms with van der Waals surface area (Å²) >= 11 is 2.22. The summed E-state index contributed by atoms with van der Waals surface area (Å²) < 4.78 is 29.1. The first-order chi connectivity index (χ1) is 13.7. The van der Waals surface area contributed by atoms with E-state index in [0.717, 1.165) is 25.9 Å². The van der Waals surface area contributed by atoms with Crippen molar-refractivity contribution in [1.82, 2.24) is 0 Å². The number of halogens is 1. The van der Waals surface area contributed by atoms with E-state index in [1.807, 2.05) is 32.0 Å². The van der Waals surface area contributed by atoms with Crippen LogP contribution in [0.2, 0.25) is 0 Å². The quantitative estimate of drug-likeness (QED) is 0.451. The Labute approximate surface area is 184 Å². The zero-order valence-electron chi connectivity index (χ0n) is 16.3. The van der Waals surface area contributed by atoms with Crippen molar-refractivity contribution >= 4 is 49.9 Å². The Morgan fingerprint density at radius 2 is 1.52 bits per heavy atom. The molecule has 2 N–H and O–H groups in total. The highest BCUT2D eigenvalue weighted by Gasteiger charge is 2.17. The molecular formula is C22H21IN2O3S. The fraction of sp³-hybridized carbons (Fsp3) is 0.136. The molecule has 1 amide bonds. The van der Waals surface area contributed by atoms with Crippen molar-refractivity contribution in [2.75, 3.05) is 10.0 Å². The Kier molecular flexibility index (Phi) is 6.28. The van der Waals surface area contributed by atoms with Gasteiger partial charge in [0, 0.05) is 14.8 Å². The Hall–Kier alpha value is -2.39. The summed E-state index contributed by atoms with van der Waals surface area (Å²) in [6, 6.07) is 17.3. The van der Waals surface area contributed by atoms with E-state index in [0.29, 0.717) is 11.3 Å². The second-order valence-electron chi connectivity index (χ2n) is 6.86. The van der Waals surface area contributed by atoms with Crippen LogP contribution in [0.15, 0.2) is 65.6 Å². The van der Waals surface area contributed by atoms with Crippen molar-refractivity contribution in [1.29, 1.82) is 0 Å². The van der Waals surface area contributed by atoms with E-state index >= 15 is 0 Å². The van der Waals surface area contributed by atoms with Crippen molar-refractivity contribution in [3.8, 4) is 0 Å². The summed E-state index contributed by atoms with van der Waals surface area (Å²) in [5.74, 6) is -0.301. The van der Waals surface area contributed by atoms with Crippen LogP contribution >= 0.6 is 22.6 Å². The number of sulfonamides is 1. The highest BCUT2D eigenvalue weighted by molar-refractivity contribution is 14.1. The third kappa shape index (κ3) is 5.16. The van der Waals surface area contributed by atoms with Gasteiger partial charge in [-0.25, -0.2) is 8.42 Å². The third-order valence-corrected chi connectivity index (χ3v) is 6.56. The average Bonchev–Trinajstić information content (AvgIpc) is 2.66. The standard InChI is InChI=1S/C22H21IN2O3S/c1-14-4-9-19(10-5-14)29(27,28)25-21-13-17(7-6-15(21)2)22(26)24-20-11-8-18(23)12-16(20)3/h4-13,25H,1-3H3,(H,24,26). The number of aryl methyl sites for hydroxylation is 3. The molecule has 0 aliphatic heterocycles. The van der Waals surface area contributed by atoms with E-state index in [1.165, 1.54) is 0 Å². The van der Waals surface area contributed by atoms with Gasteiger partial charge in [-0.2, -0.15) is 0 Å². The fourth-order valence-electron chi connectivity index (χ4n) is 2.76. The highest BCUT2D eigenvalue weighted by atomic mass is 127. The Balaban J connectivity index is 1.85. The molecule has 3 aromatic rings. The summed E-state index contributed by atoms with van der Waals surface area (Å²) in [6.45, 7) is 5.61. The molecule has 0 aliphatic rings. The zero-order valence-corrected chi connectivity index (χ0v) is 19.3. The number of amides is 1. The summed E-state index contributed by atoms with van der Waals surface area (Å²) in [4.78, 5) is 12.9. The van der Waals surface area contributed by atoms with Gasteiger partial charge in [-0.1, -0.05) is 23.8 Å². The Bertz CT molecular complexity index is 1170. The van der Waals surface area contributed by atoms with Gasteiger partial charge in [0.05, 0.1) is 10.6 Å². The molecular weight excluding hydrogens is 499 g/mol. The van der Waals surface area contributed by atoms with Gasteiger partial charge >= 0.3 is 0 Å². The SMILES string of the molecule is Cc1ccc(S(=O)(=O)Nc2cc(C(=O)Nc3ccc(I)cc3C)ccc2C)cc1. The second-order valence-corrected chi connectivity index (χ2v) is 9.79. The van der Waals surface area contributed by atoms with Crippen LogP contribution in [0.25, 0.3) is 0 Å². The van der Waals surface area contributed by atoms with Crippen molar-refractivity contribution in [2.45, 2.75) is 25.7 Å². The maximum atomic E-state index is 12.7. The van der Waals surface area contributed by atoms with Gasteiger partial charge < -0.3 is 5.32 Å². The summed E-state index contributed by atoms with van der Waals surface area (Å²) in [5.41, 5.74) is 4.12. The van der Waals surface area contributed by atoms with Crippen LogP contribution in [-0.4, -0.2) is 14.3 Å². The van der Waals surface area contributed by atoms with E-state index < -0.39 is 10.0 Å². The molecule has 0 atom stereocenters. The minimum absolute atomic E-state index is 0.173. The molecule has 0 saturated heterocycles. The third-order valence-electron chi connectivity index (χ3n) is 4.51. The van der Waals surface area contributed by atoms with Crippen LogP contribution < -0.4 is 10.0 Å². The van der Waals surface area contributed by atoms with Crippen molar-refractivity contribution < 1.29 is 13.2 Å². The topological polar surface area (TPSA) is 75.3 Å². The minimum atomic E-state index is -3.75. The van der Waals surface area contributed by atoms with Crippen LogP contribution in [0.1, 0.15) is 27.0 Å². The van der Waals surface area contributed by atoms with Crippen molar-refractivity contribution in [2.24, 2.45) is 0 Å². The first-order valence-corrected chi connectivity index (χ1v) is 11.5. The number of anilines is 2. The molecule has 0 spiro atoms. The number of carbonyl (C=O) groups is 1. The van der Waals surface area contributed by atoms with Gasteiger partial charge in [-0.3, -0.25) is 9.52 Å². The summed E-state index contributed by atoms with van der Waals surface area (Å²) in [7, 11) is -3.75. The molecule has 0 aliphatic carbocycles. The molecule has 0 aromatic heterocycles. The summed E-state index contributed by atoms with van der Waals surface area (Å²) in [5, 5.41) is 2.88. The number of rotatable bonds is 5. The molecule has 3 rings (SSSR count). The Morgan fingerprint density at radius 1 is 0.828 bits per heavy atom. The lowest BCUT2D eigenvalue weighted by Gasteiger charge is -2.13. The lowest BCUT2D eigenvalue weighted by Crippen LogP contribution is -2.16. The van der Waals surface area contributed by atoms with Gasteiger partial charge in [0.2, 0.25) is 0 Å². The van der Waals surface area contributed by atoms with E-state index in [4.69, 9.17) is 0 Å². The van der Waals surface area contributed by atoms with Crippen LogP contribution in [0.5, 0.6) is 0 Å². The fourth-order valence-corrected chi connectivity index (χ4v) is 4.52. The molecule has 0 unspecified atom stereocenters. The number of carbonyl (C=O) groups excluding carboxylic acids is 1. The normalized spacial score (nSPS) is 11.2. The number of nitrogens with one attached hydrogen (secondary N) is 2. The molecule has 0 heterocycles. The highest BCUT2D eigenvalue weighted by Crippen LogP contribution is 2.23. The second kappa shape index (κ2) is 8.54. The predicted molar refractivity (Wildman–Crippen MR) is 125 cm³/mol. The lowest BCUT2D eigenvalue weighted by molar-refractivity contribution is 0.102. The van der Waals surface area contributed by atoms with Gasteiger partial charge in [-0.05, 0) is 97.0 Å². The lowest BCUT2D eigenvalue weighted by atomic mass is 10.1. The number of hydrogen-bond donors (Lipinski definition) is 2. The van der Waals surface area contributed by atoms with Crippen molar-refractivity contribution in [3.05, 3.63) is 86.5 Å². The molecule has 7 heteroatoms. The molecule has 0 bridgehead atoms. The molecule has 3 aromatic carbocycles. The maximum Gasteiger partial charge on any atom is 0.261 e. The number of benzene rings is 3. The van der Waals surface area contributed by atoms with Gasteiger partial charge in [0.15, 0.2) is 0 Å². The van der Waals surface area contributed by atoms with Crippen LogP contribution in [0.3, 0.4) is 0 Å². The van der Waals surface area contributed by atoms with Crippen LogP contribution in [-0.2, 0) is 10.0 Å². The molecule has 0 saturated carbocycles. The predicted octanol–water partition coefficient (Wildman–Crippen LogP) is 5.27. The van der Waals surface area contributed by atoms with Crippen LogP contribution in [0.4, 0.5) is 11.4 Å². The molecule has 5 nitrogen and oxygen atoms in total. The van der Waals surface area contributed by atoms with Crippen LogP contribution in [0, 0.1) is 24.3 Å². The smallest absolute Gasteiger partial charge is 0.261 e. The van der Waals surface area contributed by atoms with E-state index in [2.05, 4.69) is 32.6 Å². The van der Waals surface area contributed by atoms with E-state index in [1.54, 1.807) is 49.4 Å². The first kappa shape index (κ1) is 21.3. The molecule has 0 fully saturated rings. The number of hydrogen-bond acceptors (Lipinski definition) is 3. The van der Waals surface area contributed by atoms with Crippen molar-refractivity contribution in [3.63, 3.8) is 0 Å². The summed E-state index contributed by atoms with van der Waals surface area (Å²) in [6.07, 6.45) is 0. The monoisotopic (exact) mass is 520 g/mol. The van der Waals surface area contributed by atoms with Gasteiger partial charge in [-0.15, -0.1) is 0 Å². The van der Waals surface area contributed by atoms with E-state index in [9.17, 15) is 13.2 Å². The maximum absolute atomic E-state index is 12.7. The molecule has 29 heavy (non-hydrogen) atoms. The molecule has 0 radical (unpaired) electrons. The van der Waals surface area contributed by atoms with Gasteiger partial charge in [0.25, 0.3) is 15.9 Å². The Morgan fingerprint density at radius 3 is 2.17 bits per heavy atom. The minimum Gasteiger partial charge on any atom is -0.322 e. The molecule has 150 valence electrons.